The molecule has 1 aliphatic carbocycles. The van der Waals surface area contributed by atoms with Crippen LogP contribution in [0.4, 0.5) is 5.13 Å². The molecule has 3 aromatic rings. The molecule has 1 amide bonds. The number of halogens is 1. The lowest BCUT2D eigenvalue weighted by atomic mass is 10.1. The fourth-order valence-corrected chi connectivity index (χ4v) is 3.41. The van der Waals surface area contributed by atoms with E-state index in [4.69, 9.17) is 16.3 Å². The number of carbonyl (C=O) groups excluding carboxylic acids is 1. The maximum Gasteiger partial charge on any atom is 0.259 e. The SMILES string of the molecule is Cc1ccc(C(=O)Nc2nnc(COc3ccc(Cl)cc3)s2)c(C2CC2)n1. The van der Waals surface area contributed by atoms with Crippen molar-refractivity contribution in [3.05, 3.63) is 63.4 Å². The number of pyridine rings is 1. The van der Waals surface area contributed by atoms with Crippen LogP contribution in [0.25, 0.3) is 0 Å². The summed E-state index contributed by atoms with van der Waals surface area (Å²) in [5.41, 5.74) is 2.41. The molecule has 4 rings (SSSR count). The lowest BCUT2D eigenvalue weighted by Crippen LogP contribution is -2.15. The summed E-state index contributed by atoms with van der Waals surface area (Å²) in [4.78, 5) is 17.2. The number of hydrogen-bond acceptors (Lipinski definition) is 6. The minimum absolute atomic E-state index is 0.203. The number of hydrogen-bond donors (Lipinski definition) is 1. The van der Waals surface area contributed by atoms with Gasteiger partial charge in [0.15, 0.2) is 5.01 Å². The van der Waals surface area contributed by atoms with Crippen LogP contribution in [0, 0.1) is 6.92 Å². The number of ether oxygens (including phenoxy) is 1. The van der Waals surface area contributed by atoms with Gasteiger partial charge in [-0.15, -0.1) is 10.2 Å². The summed E-state index contributed by atoms with van der Waals surface area (Å²) in [7, 11) is 0. The first-order valence-electron chi connectivity index (χ1n) is 8.58. The predicted octanol–water partition coefficient (Wildman–Crippen LogP) is 4.60. The van der Waals surface area contributed by atoms with Crippen LogP contribution < -0.4 is 10.1 Å². The van der Waals surface area contributed by atoms with Crippen LogP contribution >= 0.6 is 22.9 Å². The fraction of sp³-hybridized carbons (Fsp3) is 0.263. The van der Waals surface area contributed by atoms with Crippen LogP contribution in [0.15, 0.2) is 36.4 Å². The summed E-state index contributed by atoms with van der Waals surface area (Å²) >= 11 is 7.14. The van der Waals surface area contributed by atoms with Crippen LogP contribution in [0.1, 0.15) is 45.5 Å². The number of aryl methyl sites for hydroxylation is 1. The molecule has 0 spiro atoms. The zero-order chi connectivity index (χ0) is 18.8. The van der Waals surface area contributed by atoms with Crippen molar-refractivity contribution in [2.24, 2.45) is 0 Å². The molecule has 8 heteroatoms. The maximum atomic E-state index is 12.6. The topological polar surface area (TPSA) is 77.0 Å². The Balaban J connectivity index is 1.40. The Morgan fingerprint density at radius 2 is 2.00 bits per heavy atom. The van der Waals surface area contributed by atoms with E-state index in [0.29, 0.717) is 32.4 Å². The summed E-state index contributed by atoms with van der Waals surface area (Å²) in [6.45, 7) is 2.21. The van der Waals surface area contributed by atoms with E-state index in [1.54, 1.807) is 24.3 Å². The molecule has 0 unspecified atom stereocenters. The highest BCUT2D eigenvalue weighted by atomic mass is 35.5. The number of rotatable bonds is 6. The van der Waals surface area contributed by atoms with Gasteiger partial charge in [-0.2, -0.15) is 0 Å². The highest BCUT2D eigenvalue weighted by Gasteiger charge is 2.30. The largest absolute Gasteiger partial charge is 0.486 e. The van der Waals surface area contributed by atoms with Crippen LogP contribution in [-0.4, -0.2) is 21.1 Å². The van der Waals surface area contributed by atoms with Gasteiger partial charge in [-0.05, 0) is 56.2 Å². The van der Waals surface area contributed by atoms with Crippen molar-refractivity contribution in [2.45, 2.75) is 32.3 Å². The number of anilines is 1. The normalized spacial score (nSPS) is 13.4. The van der Waals surface area contributed by atoms with Crippen LogP contribution in [0.3, 0.4) is 0 Å². The van der Waals surface area contributed by atoms with Crippen molar-refractivity contribution in [1.82, 2.24) is 15.2 Å². The third-order valence-electron chi connectivity index (χ3n) is 4.14. The standard InChI is InChI=1S/C19H17ClN4O2S/c1-11-2-9-15(17(21-11)12-3-4-12)18(25)22-19-24-23-16(27-19)10-26-14-7-5-13(20)6-8-14/h2,5-9,12H,3-4,10H2,1H3,(H,22,24,25). The van der Waals surface area contributed by atoms with Crippen molar-refractivity contribution in [3.63, 3.8) is 0 Å². The molecular weight excluding hydrogens is 384 g/mol. The summed E-state index contributed by atoms with van der Waals surface area (Å²) in [5.74, 6) is 0.883. The lowest BCUT2D eigenvalue weighted by Gasteiger charge is -2.08. The van der Waals surface area contributed by atoms with Gasteiger partial charge in [0.25, 0.3) is 5.91 Å². The van der Waals surface area contributed by atoms with Crippen molar-refractivity contribution in [1.29, 1.82) is 0 Å². The van der Waals surface area contributed by atoms with Gasteiger partial charge in [-0.1, -0.05) is 22.9 Å². The molecule has 1 fully saturated rings. The smallest absolute Gasteiger partial charge is 0.259 e. The van der Waals surface area contributed by atoms with Crippen LogP contribution in [0.5, 0.6) is 5.75 Å². The Kier molecular flexibility index (Phi) is 5.05. The first-order chi connectivity index (χ1) is 13.1. The van der Waals surface area contributed by atoms with Crippen molar-refractivity contribution in [2.75, 3.05) is 5.32 Å². The molecule has 138 valence electrons. The highest BCUT2D eigenvalue weighted by Crippen LogP contribution is 2.40. The van der Waals surface area contributed by atoms with Crippen LogP contribution in [-0.2, 0) is 6.61 Å². The van der Waals surface area contributed by atoms with E-state index in [-0.39, 0.29) is 12.5 Å². The molecule has 1 aliphatic rings. The maximum absolute atomic E-state index is 12.6. The average molecular weight is 401 g/mol. The number of nitrogens with one attached hydrogen (secondary N) is 1. The summed E-state index contributed by atoms with van der Waals surface area (Å²) in [6, 6.07) is 10.8. The lowest BCUT2D eigenvalue weighted by molar-refractivity contribution is 0.102. The van der Waals surface area contributed by atoms with Crippen molar-refractivity contribution < 1.29 is 9.53 Å². The van der Waals surface area contributed by atoms with Gasteiger partial charge in [-0.25, -0.2) is 0 Å². The molecule has 1 saturated carbocycles. The second kappa shape index (κ2) is 7.62. The molecular formula is C19H17ClN4O2S. The van der Waals surface area contributed by atoms with Crippen molar-refractivity contribution >= 4 is 34.0 Å². The van der Waals surface area contributed by atoms with Gasteiger partial charge < -0.3 is 4.74 Å². The number of aromatic nitrogens is 3. The van der Waals surface area contributed by atoms with Gasteiger partial charge in [0.1, 0.15) is 12.4 Å². The Bertz CT molecular complexity index is 970. The van der Waals surface area contributed by atoms with Gasteiger partial charge in [0.2, 0.25) is 5.13 Å². The number of carbonyl (C=O) groups is 1. The first-order valence-corrected chi connectivity index (χ1v) is 9.77. The highest BCUT2D eigenvalue weighted by molar-refractivity contribution is 7.15. The van der Waals surface area contributed by atoms with Crippen LogP contribution in [0.2, 0.25) is 5.02 Å². The third kappa shape index (κ3) is 4.43. The van der Waals surface area contributed by atoms with E-state index < -0.39 is 0 Å². The van der Waals surface area contributed by atoms with Gasteiger partial charge in [-0.3, -0.25) is 15.1 Å². The summed E-state index contributed by atoms with van der Waals surface area (Å²) < 4.78 is 5.65. The molecule has 0 saturated heterocycles. The minimum Gasteiger partial charge on any atom is -0.486 e. The Morgan fingerprint density at radius 1 is 1.22 bits per heavy atom. The van der Waals surface area contributed by atoms with E-state index in [0.717, 1.165) is 24.2 Å². The Labute approximate surface area is 165 Å². The molecule has 0 radical (unpaired) electrons. The van der Waals surface area contributed by atoms with E-state index in [2.05, 4.69) is 20.5 Å². The van der Waals surface area contributed by atoms with Gasteiger partial charge in [0, 0.05) is 16.6 Å². The van der Waals surface area contributed by atoms with E-state index >= 15 is 0 Å². The molecule has 1 N–H and O–H groups in total. The second-order valence-electron chi connectivity index (χ2n) is 6.36. The Morgan fingerprint density at radius 3 is 2.74 bits per heavy atom. The molecule has 6 nitrogen and oxygen atoms in total. The minimum atomic E-state index is -0.203. The monoisotopic (exact) mass is 400 g/mol. The number of amides is 1. The Hall–Kier alpha value is -2.51. The summed E-state index contributed by atoms with van der Waals surface area (Å²) in [5, 5.41) is 12.7. The van der Waals surface area contributed by atoms with E-state index in [9.17, 15) is 4.79 Å². The fourth-order valence-electron chi connectivity index (χ4n) is 2.64. The van der Waals surface area contributed by atoms with E-state index in [1.165, 1.54) is 11.3 Å². The number of nitrogens with zero attached hydrogens (tertiary/aromatic N) is 3. The third-order valence-corrected chi connectivity index (χ3v) is 5.20. The second-order valence-corrected chi connectivity index (χ2v) is 7.86. The summed E-state index contributed by atoms with van der Waals surface area (Å²) in [6.07, 6.45) is 2.17. The molecule has 2 aromatic heterocycles. The number of benzene rings is 1. The first kappa shape index (κ1) is 17.9. The zero-order valence-corrected chi connectivity index (χ0v) is 16.2. The molecule has 27 heavy (non-hydrogen) atoms. The molecule has 2 heterocycles. The van der Waals surface area contributed by atoms with E-state index in [1.807, 2.05) is 19.1 Å². The van der Waals surface area contributed by atoms with Crippen molar-refractivity contribution in [3.8, 4) is 5.75 Å². The molecule has 0 atom stereocenters. The molecule has 1 aromatic carbocycles. The molecule has 0 bridgehead atoms. The quantitative estimate of drug-likeness (QED) is 0.654. The average Bonchev–Trinajstić information content (AvgIpc) is 3.41. The van der Waals surface area contributed by atoms with Gasteiger partial charge >= 0.3 is 0 Å². The predicted molar refractivity (Wildman–Crippen MR) is 105 cm³/mol. The molecule has 0 aliphatic heterocycles. The zero-order valence-electron chi connectivity index (χ0n) is 14.6. The van der Waals surface area contributed by atoms with Gasteiger partial charge in [0.05, 0.1) is 11.3 Å².